The first-order valence-electron chi connectivity index (χ1n) is 13.0. The zero-order valence-corrected chi connectivity index (χ0v) is 22.4. The Morgan fingerprint density at radius 2 is 1.76 bits per heavy atom. The fourth-order valence-electron chi connectivity index (χ4n) is 4.70. The second-order valence-corrected chi connectivity index (χ2v) is 10.0. The van der Waals surface area contributed by atoms with Crippen LogP contribution in [0.25, 0.3) is 0 Å². The minimum atomic E-state index is -0.222. The Balaban J connectivity index is 1.56. The van der Waals surface area contributed by atoms with Crippen LogP contribution in [0.4, 0.5) is 0 Å². The minimum Gasteiger partial charge on any atom is -0.497 e. The van der Waals surface area contributed by atoms with E-state index in [0.29, 0.717) is 26.2 Å². The maximum absolute atomic E-state index is 13.7. The van der Waals surface area contributed by atoms with E-state index in [1.165, 1.54) is 0 Å². The minimum absolute atomic E-state index is 0.00308. The third-order valence-electron chi connectivity index (χ3n) is 6.97. The van der Waals surface area contributed by atoms with Crippen LogP contribution in [0.3, 0.4) is 0 Å². The number of rotatable bonds is 9. The van der Waals surface area contributed by atoms with Crippen LogP contribution in [-0.4, -0.2) is 85.4 Å². The van der Waals surface area contributed by atoms with Crippen LogP contribution in [0.15, 0.2) is 53.6 Å². The fraction of sp³-hybridized carbons (Fsp3) is 0.483. The summed E-state index contributed by atoms with van der Waals surface area (Å²) in [4.78, 5) is 30.8. The van der Waals surface area contributed by atoms with Crippen LogP contribution >= 0.6 is 0 Å². The second-order valence-electron chi connectivity index (χ2n) is 10.0. The summed E-state index contributed by atoms with van der Waals surface area (Å²) in [6, 6.07) is 15.7. The molecule has 8 nitrogen and oxygen atoms in total. The number of hydrogen-bond acceptors (Lipinski definition) is 6. The zero-order valence-electron chi connectivity index (χ0n) is 22.4. The number of carbonyl (C=O) groups is 2. The van der Waals surface area contributed by atoms with Crippen LogP contribution in [0.1, 0.15) is 43.0 Å². The molecule has 2 aliphatic heterocycles. The van der Waals surface area contributed by atoms with Crippen LogP contribution in [0.5, 0.6) is 5.75 Å². The Hall–Kier alpha value is -3.23. The van der Waals surface area contributed by atoms with Gasteiger partial charge in [0.15, 0.2) is 0 Å². The van der Waals surface area contributed by atoms with Gasteiger partial charge in [-0.3, -0.25) is 14.5 Å². The van der Waals surface area contributed by atoms with Gasteiger partial charge in [0.1, 0.15) is 12.3 Å². The van der Waals surface area contributed by atoms with Gasteiger partial charge in [0.05, 0.1) is 32.1 Å². The van der Waals surface area contributed by atoms with Crippen molar-refractivity contribution in [3.8, 4) is 5.75 Å². The predicted molar refractivity (Wildman–Crippen MR) is 144 cm³/mol. The molecule has 2 aromatic carbocycles. The van der Waals surface area contributed by atoms with E-state index in [2.05, 4.69) is 29.2 Å². The van der Waals surface area contributed by atoms with E-state index in [0.717, 1.165) is 47.8 Å². The Kier molecular flexibility index (Phi) is 8.95. The standard InChI is InChI=1S/C29H38N4O4/c1-21(2)29(35)32(14-13-31-15-17-37-18-16-31)20-28(34)33-27(24-7-5-22(3)6-8-24)19-26(30-33)23-9-11-25(36-4)12-10-23/h5-12,21,27H,13-20H2,1-4H3. The van der Waals surface area contributed by atoms with E-state index in [1.54, 1.807) is 17.0 Å². The van der Waals surface area contributed by atoms with Crippen molar-refractivity contribution >= 4 is 17.5 Å². The highest BCUT2D eigenvalue weighted by Gasteiger charge is 2.34. The lowest BCUT2D eigenvalue weighted by molar-refractivity contribution is -0.143. The highest BCUT2D eigenvalue weighted by molar-refractivity contribution is 6.03. The number of methoxy groups -OCH3 is 1. The first-order chi connectivity index (χ1) is 17.9. The van der Waals surface area contributed by atoms with Gasteiger partial charge in [-0.25, -0.2) is 5.01 Å². The largest absolute Gasteiger partial charge is 0.497 e. The van der Waals surface area contributed by atoms with E-state index in [4.69, 9.17) is 14.6 Å². The van der Waals surface area contributed by atoms with Crippen molar-refractivity contribution in [2.45, 2.75) is 33.2 Å². The number of carbonyl (C=O) groups excluding carboxylic acids is 2. The summed E-state index contributed by atoms with van der Waals surface area (Å²) in [7, 11) is 1.64. The van der Waals surface area contributed by atoms with Crippen LogP contribution in [0.2, 0.25) is 0 Å². The molecule has 8 heteroatoms. The third-order valence-corrected chi connectivity index (χ3v) is 6.97. The van der Waals surface area contributed by atoms with E-state index in [-0.39, 0.29) is 30.3 Å². The van der Waals surface area contributed by atoms with E-state index >= 15 is 0 Å². The molecule has 0 radical (unpaired) electrons. The molecule has 2 aromatic rings. The maximum atomic E-state index is 13.7. The smallest absolute Gasteiger partial charge is 0.262 e. The number of nitrogens with zero attached hydrogens (tertiary/aromatic N) is 4. The number of ether oxygens (including phenoxy) is 2. The summed E-state index contributed by atoms with van der Waals surface area (Å²) >= 11 is 0. The lowest BCUT2D eigenvalue weighted by atomic mass is 9.97. The van der Waals surface area contributed by atoms with Gasteiger partial charge in [0, 0.05) is 38.5 Å². The van der Waals surface area contributed by atoms with Crippen molar-refractivity contribution in [3.05, 3.63) is 65.2 Å². The number of hydrogen-bond donors (Lipinski definition) is 0. The van der Waals surface area contributed by atoms with E-state index < -0.39 is 0 Å². The van der Waals surface area contributed by atoms with Gasteiger partial charge >= 0.3 is 0 Å². The van der Waals surface area contributed by atoms with Crippen LogP contribution in [-0.2, 0) is 14.3 Å². The highest BCUT2D eigenvalue weighted by Crippen LogP contribution is 2.33. The SMILES string of the molecule is COc1ccc(C2=NN(C(=O)CN(CCN3CCOCC3)C(=O)C(C)C)C(c3ccc(C)cc3)C2)cc1. The van der Waals surface area contributed by atoms with Gasteiger partial charge in [-0.2, -0.15) is 5.10 Å². The molecule has 1 unspecified atom stereocenters. The predicted octanol–water partition coefficient (Wildman–Crippen LogP) is 3.50. The maximum Gasteiger partial charge on any atom is 0.262 e. The Morgan fingerprint density at radius 1 is 1.08 bits per heavy atom. The Morgan fingerprint density at radius 3 is 2.38 bits per heavy atom. The lowest BCUT2D eigenvalue weighted by Crippen LogP contribution is -2.47. The summed E-state index contributed by atoms with van der Waals surface area (Å²) in [6.45, 7) is 10.1. The van der Waals surface area contributed by atoms with Gasteiger partial charge < -0.3 is 14.4 Å². The van der Waals surface area contributed by atoms with E-state index in [1.807, 2.05) is 45.0 Å². The quantitative estimate of drug-likeness (QED) is 0.521. The molecule has 198 valence electrons. The molecule has 0 N–H and O–H groups in total. The molecule has 4 rings (SSSR count). The number of morpholine rings is 1. The molecule has 0 spiro atoms. The van der Waals surface area contributed by atoms with Crippen LogP contribution < -0.4 is 4.74 Å². The number of amides is 2. The van der Waals surface area contributed by atoms with Crippen molar-refractivity contribution in [3.63, 3.8) is 0 Å². The molecule has 2 aliphatic rings. The number of benzene rings is 2. The summed E-state index contributed by atoms with van der Waals surface area (Å²) < 4.78 is 10.7. The number of aryl methyl sites for hydroxylation is 1. The Bertz CT molecular complexity index is 1090. The molecular formula is C29H38N4O4. The normalized spacial score (nSPS) is 18.1. The molecule has 0 aromatic heterocycles. The molecular weight excluding hydrogens is 468 g/mol. The van der Waals surface area contributed by atoms with Crippen molar-refractivity contribution in [1.29, 1.82) is 0 Å². The average Bonchev–Trinajstić information content (AvgIpc) is 3.37. The molecule has 0 aliphatic carbocycles. The van der Waals surface area contributed by atoms with Crippen molar-refractivity contribution in [2.24, 2.45) is 11.0 Å². The van der Waals surface area contributed by atoms with Gasteiger partial charge in [0.2, 0.25) is 5.91 Å². The zero-order chi connectivity index (χ0) is 26.4. The molecule has 2 heterocycles. The highest BCUT2D eigenvalue weighted by atomic mass is 16.5. The summed E-state index contributed by atoms with van der Waals surface area (Å²) in [6.07, 6.45) is 0.604. The summed E-state index contributed by atoms with van der Waals surface area (Å²) in [5.74, 6) is 0.382. The summed E-state index contributed by atoms with van der Waals surface area (Å²) in [5, 5.41) is 6.38. The molecule has 0 bridgehead atoms. The average molecular weight is 507 g/mol. The monoisotopic (exact) mass is 506 g/mol. The topological polar surface area (TPSA) is 74.7 Å². The Labute approximate surface area is 219 Å². The molecule has 2 amide bonds. The van der Waals surface area contributed by atoms with Crippen molar-refractivity contribution < 1.29 is 19.1 Å². The lowest BCUT2D eigenvalue weighted by Gasteiger charge is -2.31. The molecule has 1 atom stereocenters. The van der Waals surface area contributed by atoms with Gasteiger partial charge in [-0.05, 0) is 42.3 Å². The van der Waals surface area contributed by atoms with E-state index in [9.17, 15) is 9.59 Å². The summed E-state index contributed by atoms with van der Waals surface area (Å²) in [5.41, 5.74) is 3.99. The molecule has 0 saturated carbocycles. The van der Waals surface area contributed by atoms with Crippen molar-refractivity contribution in [1.82, 2.24) is 14.8 Å². The van der Waals surface area contributed by atoms with Gasteiger partial charge in [0.25, 0.3) is 5.91 Å². The van der Waals surface area contributed by atoms with Gasteiger partial charge in [-0.15, -0.1) is 0 Å². The first kappa shape index (κ1) is 26.8. The third kappa shape index (κ3) is 6.76. The molecule has 1 saturated heterocycles. The molecule has 37 heavy (non-hydrogen) atoms. The second kappa shape index (κ2) is 12.3. The van der Waals surface area contributed by atoms with Gasteiger partial charge in [-0.1, -0.05) is 43.7 Å². The fourth-order valence-corrected chi connectivity index (χ4v) is 4.70. The number of hydrazone groups is 1. The van der Waals surface area contributed by atoms with Crippen molar-refractivity contribution in [2.75, 3.05) is 53.0 Å². The molecule has 1 fully saturated rings. The first-order valence-corrected chi connectivity index (χ1v) is 13.0. The van der Waals surface area contributed by atoms with Crippen LogP contribution in [0, 0.1) is 12.8 Å².